The van der Waals surface area contributed by atoms with Crippen LogP contribution in [-0.2, 0) is 0 Å². The summed E-state index contributed by atoms with van der Waals surface area (Å²) in [7, 11) is 0. The summed E-state index contributed by atoms with van der Waals surface area (Å²) in [4.78, 5) is 7.61. The molecule has 1 aromatic heterocycles. The Balaban J connectivity index is 2.28. The molecule has 0 saturated heterocycles. The molecule has 0 bridgehead atoms. The Labute approximate surface area is 83.3 Å². The van der Waals surface area contributed by atoms with Gasteiger partial charge in [0, 0.05) is 6.20 Å². The minimum atomic E-state index is 0.986. The third kappa shape index (κ3) is 1.91. The van der Waals surface area contributed by atoms with Gasteiger partial charge in [0.15, 0.2) is 0 Å². The molecule has 0 aliphatic carbocycles. The Hall–Kier alpha value is -1.83. The van der Waals surface area contributed by atoms with Crippen LogP contribution in [-0.4, -0.2) is 10.7 Å². The molecule has 0 spiro atoms. The molecular weight excluding hydrogens is 172 g/mol. The summed E-state index contributed by atoms with van der Waals surface area (Å²) in [6, 6.07) is 13.9. The van der Waals surface area contributed by atoms with E-state index in [2.05, 4.69) is 9.98 Å². The van der Waals surface area contributed by atoms with Gasteiger partial charge in [-0.2, -0.15) is 0 Å². The second-order valence-corrected chi connectivity index (χ2v) is 3.12. The zero-order valence-electron chi connectivity index (χ0n) is 8.07. The molecule has 1 aromatic carbocycles. The van der Waals surface area contributed by atoms with E-state index < -0.39 is 0 Å². The quantitative estimate of drug-likeness (QED) is 0.694. The summed E-state index contributed by atoms with van der Waals surface area (Å²) in [6.45, 7) is 2.00. The maximum atomic E-state index is 4.49. The van der Waals surface area contributed by atoms with Crippen molar-refractivity contribution in [3.05, 3.63) is 54.4 Å². The maximum Gasteiger partial charge on any atom is 0.0633 e. The fourth-order valence-corrected chi connectivity index (χ4v) is 1.31. The zero-order valence-corrected chi connectivity index (χ0v) is 8.07. The van der Waals surface area contributed by atoms with Crippen molar-refractivity contribution in [2.75, 3.05) is 0 Å². The molecule has 14 heavy (non-hydrogen) atoms. The maximum absolute atomic E-state index is 4.49. The van der Waals surface area contributed by atoms with E-state index in [9.17, 15) is 0 Å². The van der Waals surface area contributed by atoms with Gasteiger partial charge in [-0.05, 0) is 31.2 Å². The van der Waals surface area contributed by atoms with Crippen LogP contribution in [0.4, 0.5) is 5.69 Å². The first-order valence-corrected chi connectivity index (χ1v) is 4.60. The molecule has 0 aliphatic rings. The van der Waals surface area contributed by atoms with Gasteiger partial charge in [-0.25, -0.2) is 0 Å². The number of hydrogen-bond acceptors (Lipinski definition) is 1. The van der Waals surface area contributed by atoms with Crippen LogP contribution in [0.1, 0.15) is 12.6 Å². The number of aromatic nitrogens is 1. The number of benzene rings is 1. The van der Waals surface area contributed by atoms with Gasteiger partial charge < -0.3 is 4.98 Å². The van der Waals surface area contributed by atoms with Gasteiger partial charge >= 0.3 is 0 Å². The molecular formula is C12H12N2. The highest BCUT2D eigenvalue weighted by atomic mass is 14.8. The number of H-pyrrole nitrogens is 1. The second-order valence-electron chi connectivity index (χ2n) is 3.12. The van der Waals surface area contributed by atoms with Crippen molar-refractivity contribution in [3.63, 3.8) is 0 Å². The number of nitrogens with zero attached hydrogens (tertiary/aromatic N) is 1. The fourth-order valence-electron chi connectivity index (χ4n) is 1.31. The number of aromatic amines is 1. The third-order valence-corrected chi connectivity index (χ3v) is 2.04. The highest BCUT2D eigenvalue weighted by Gasteiger charge is 1.96. The SMILES string of the molecule is C/C(=N\c1ccccc1)c1ccc[nH]1. The first kappa shape index (κ1) is 8.75. The Morgan fingerprint density at radius 3 is 2.50 bits per heavy atom. The summed E-state index contributed by atoms with van der Waals surface area (Å²) < 4.78 is 0. The summed E-state index contributed by atoms with van der Waals surface area (Å²) in [5.41, 5.74) is 3.05. The molecule has 0 saturated carbocycles. The lowest BCUT2D eigenvalue weighted by Crippen LogP contribution is -1.92. The monoisotopic (exact) mass is 184 g/mol. The molecule has 0 amide bonds. The molecule has 1 heterocycles. The van der Waals surface area contributed by atoms with E-state index in [-0.39, 0.29) is 0 Å². The highest BCUT2D eigenvalue weighted by molar-refractivity contribution is 5.98. The predicted octanol–water partition coefficient (Wildman–Crippen LogP) is 3.16. The van der Waals surface area contributed by atoms with Crippen molar-refractivity contribution in [2.24, 2.45) is 4.99 Å². The molecule has 0 fully saturated rings. The van der Waals surface area contributed by atoms with E-state index in [0.29, 0.717) is 0 Å². The molecule has 2 heteroatoms. The van der Waals surface area contributed by atoms with Crippen LogP contribution >= 0.6 is 0 Å². The summed E-state index contributed by atoms with van der Waals surface area (Å²) in [6.07, 6.45) is 1.90. The van der Waals surface area contributed by atoms with Gasteiger partial charge in [0.1, 0.15) is 0 Å². The van der Waals surface area contributed by atoms with Crippen molar-refractivity contribution >= 4 is 11.4 Å². The van der Waals surface area contributed by atoms with Crippen LogP contribution < -0.4 is 0 Å². The lowest BCUT2D eigenvalue weighted by Gasteiger charge is -1.97. The normalized spacial score (nSPS) is 11.6. The molecule has 2 aromatic rings. The van der Waals surface area contributed by atoms with Gasteiger partial charge in [0.2, 0.25) is 0 Å². The smallest absolute Gasteiger partial charge is 0.0633 e. The molecule has 2 rings (SSSR count). The van der Waals surface area contributed by atoms with Gasteiger partial charge in [0.25, 0.3) is 0 Å². The Bertz CT molecular complexity index is 413. The number of hydrogen-bond donors (Lipinski definition) is 1. The van der Waals surface area contributed by atoms with Gasteiger partial charge in [-0.1, -0.05) is 18.2 Å². The number of aliphatic imine (C=N–C) groups is 1. The summed E-state index contributed by atoms with van der Waals surface area (Å²) in [5.74, 6) is 0. The average Bonchev–Trinajstić information content (AvgIpc) is 2.72. The standard InChI is InChI=1S/C12H12N2/c1-10(12-8-5-9-13-12)14-11-6-3-2-4-7-11/h2-9,13H,1H3/b14-10+. The lowest BCUT2D eigenvalue weighted by molar-refractivity contribution is 1.34. The van der Waals surface area contributed by atoms with E-state index in [0.717, 1.165) is 17.1 Å². The zero-order chi connectivity index (χ0) is 9.80. The Morgan fingerprint density at radius 1 is 1.07 bits per heavy atom. The minimum Gasteiger partial charge on any atom is -0.360 e. The molecule has 2 nitrogen and oxygen atoms in total. The number of para-hydroxylation sites is 1. The molecule has 0 radical (unpaired) electrons. The van der Waals surface area contributed by atoms with Crippen LogP contribution in [0.5, 0.6) is 0 Å². The highest BCUT2D eigenvalue weighted by Crippen LogP contribution is 2.11. The number of rotatable bonds is 2. The summed E-state index contributed by atoms with van der Waals surface area (Å²) >= 11 is 0. The van der Waals surface area contributed by atoms with Crippen LogP contribution in [0.25, 0.3) is 0 Å². The van der Waals surface area contributed by atoms with Gasteiger partial charge in [0.05, 0.1) is 17.1 Å². The van der Waals surface area contributed by atoms with Crippen LogP contribution in [0, 0.1) is 0 Å². The lowest BCUT2D eigenvalue weighted by atomic mass is 10.3. The van der Waals surface area contributed by atoms with Crippen molar-refractivity contribution in [3.8, 4) is 0 Å². The molecule has 0 atom stereocenters. The molecule has 70 valence electrons. The Kier molecular flexibility index (Phi) is 2.45. The Morgan fingerprint density at radius 2 is 1.86 bits per heavy atom. The summed E-state index contributed by atoms with van der Waals surface area (Å²) in [5, 5.41) is 0. The minimum absolute atomic E-state index is 0.986. The number of nitrogens with one attached hydrogen (secondary N) is 1. The first-order valence-electron chi connectivity index (χ1n) is 4.60. The van der Waals surface area contributed by atoms with E-state index in [1.807, 2.05) is 55.6 Å². The fraction of sp³-hybridized carbons (Fsp3) is 0.0833. The van der Waals surface area contributed by atoms with Crippen LogP contribution in [0.15, 0.2) is 53.7 Å². The van der Waals surface area contributed by atoms with E-state index in [4.69, 9.17) is 0 Å². The molecule has 1 N–H and O–H groups in total. The van der Waals surface area contributed by atoms with Crippen molar-refractivity contribution < 1.29 is 0 Å². The average molecular weight is 184 g/mol. The second kappa shape index (κ2) is 3.92. The van der Waals surface area contributed by atoms with E-state index >= 15 is 0 Å². The van der Waals surface area contributed by atoms with E-state index in [1.165, 1.54) is 0 Å². The predicted molar refractivity (Wildman–Crippen MR) is 59.1 cm³/mol. The van der Waals surface area contributed by atoms with Gasteiger partial charge in [-0.3, -0.25) is 4.99 Å². The van der Waals surface area contributed by atoms with Crippen molar-refractivity contribution in [2.45, 2.75) is 6.92 Å². The third-order valence-electron chi connectivity index (χ3n) is 2.04. The topological polar surface area (TPSA) is 28.1 Å². The van der Waals surface area contributed by atoms with Gasteiger partial charge in [-0.15, -0.1) is 0 Å². The van der Waals surface area contributed by atoms with Crippen molar-refractivity contribution in [1.29, 1.82) is 0 Å². The molecule has 0 unspecified atom stereocenters. The van der Waals surface area contributed by atoms with Crippen molar-refractivity contribution in [1.82, 2.24) is 4.98 Å². The van der Waals surface area contributed by atoms with E-state index in [1.54, 1.807) is 0 Å². The largest absolute Gasteiger partial charge is 0.360 e. The van der Waals surface area contributed by atoms with Crippen LogP contribution in [0.3, 0.4) is 0 Å². The first-order chi connectivity index (χ1) is 6.86. The molecule has 0 aliphatic heterocycles. The van der Waals surface area contributed by atoms with Crippen LogP contribution in [0.2, 0.25) is 0 Å².